The number of nitrogens with zero attached hydrogens (tertiary/aromatic N) is 3. The smallest absolute Gasteiger partial charge is 0.112 e. The molecule has 1 fully saturated rings. The van der Waals surface area contributed by atoms with Crippen LogP contribution >= 0.6 is 11.6 Å². The molecular weight excluding hydrogens is 300 g/mol. The molecule has 6 heteroatoms. The molecule has 2 N–H and O–H groups in total. The summed E-state index contributed by atoms with van der Waals surface area (Å²) >= 11 is 5.87. The second kappa shape index (κ2) is 6.60. The first-order valence-corrected chi connectivity index (χ1v) is 7.66. The highest BCUT2D eigenvalue weighted by molar-refractivity contribution is 6.30. The summed E-state index contributed by atoms with van der Waals surface area (Å²) < 4.78 is 5.86. The third-order valence-corrected chi connectivity index (χ3v) is 3.87. The molecule has 0 spiro atoms. The van der Waals surface area contributed by atoms with Gasteiger partial charge in [-0.3, -0.25) is 14.9 Å². The lowest BCUT2D eigenvalue weighted by Crippen LogP contribution is -2.38. The van der Waals surface area contributed by atoms with Crippen molar-refractivity contribution in [3.8, 4) is 0 Å². The number of pyridine rings is 2. The van der Waals surface area contributed by atoms with Gasteiger partial charge in [0, 0.05) is 37.2 Å². The van der Waals surface area contributed by atoms with Crippen LogP contribution in [0.4, 0.5) is 5.69 Å². The summed E-state index contributed by atoms with van der Waals surface area (Å²) in [6.45, 7) is 5.05. The van der Waals surface area contributed by atoms with E-state index in [0.29, 0.717) is 11.6 Å². The van der Waals surface area contributed by atoms with E-state index in [4.69, 9.17) is 22.1 Å². The Labute approximate surface area is 135 Å². The number of morpholine rings is 1. The number of aromatic nitrogens is 2. The molecule has 1 saturated heterocycles. The van der Waals surface area contributed by atoms with Crippen molar-refractivity contribution in [2.75, 3.05) is 25.4 Å². The lowest BCUT2D eigenvalue weighted by Gasteiger charge is -2.32. The molecule has 22 heavy (non-hydrogen) atoms. The molecular formula is C16H19ClN4O. The van der Waals surface area contributed by atoms with Crippen LogP contribution in [0.1, 0.15) is 23.2 Å². The zero-order chi connectivity index (χ0) is 15.5. The molecule has 3 heterocycles. The maximum absolute atomic E-state index is 5.91. The summed E-state index contributed by atoms with van der Waals surface area (Å²) in [5.74, 6) is 0. The molecule has 3 rings (SSSR count). The Hall–Kier alpha value is -1.69. The summed E-state index contributed by atoms with van der Waals surface area (Å²) in [7, 11) is 0. The largest absolute Gasteiger partial charge is 0.399 e. The van der Waals surface area contributed by atoms with Crippen molar-refractivity contribution in [3.05, 3.63) is 52.6 Å². The van der Waals surface area contributed by atoms with Crippen LogP contribution in [0.2, 0.25) is 5.02 Å². The van der Waals surface area contributed by atoms with Crippen molar-refractivity contribution in [3.63, 3.8) is 0 Å². The van der Waals surface area contributed by atoms with Gasteiger partial charge < -0.3 is 10.5 Å². The third-order valence-electron chi connectivity index (χ3n) is 3.65. The van der Waals surface area contributed by atoms with Gasteiger partial charge in [-0.05, 0) is 31.2 Å². The maximum Gasteiger partial charge on any atom is 0.112 e. The maximum atomic E-state index is 5.91. The lowest BCUT2D eigenvalue weighted by atomic mass is 10.1. The molecule has 0 amide bonds. The number of nitrogens with two attached hydrogens (primary N) is 1. The molecule has 5 nitrogen and oxygen atoms in total. The van der Waals surface area contributed by atoms with Crippen LogP contribution in [0, 0.1) is 6.92 Å². The molecule has 2 aromatic heterocycles. The van der Waals surface area contributed by atoms with Crippen molar-refractivity contribution in [2.45, 2.75) is 19.6 Å². The van der Waals surface area contributed by atoms with Crippen molar-refractivity contribution < 1.29 is 4.74 Å². The van der Waals surface area contributed by atoms with Crippen LogP contribution in [-0.2, 0) is 11.3 Å². The van der Waals surface area contributed by atoms with Crippen LogP contribution in [0.5, 0.6) is 0 Å². The number of nitrogen functional groups attached to an aromatic ring is 1. The van der Waals surface area contributed by atoms with E-state index in [1.165, 1.54) is 0 Å². The number of anilines is 1. The number of rotatable bonds is 3. The first kappa shape index (κ1) is 15.2. The van der Waals surface area contributed by atoms with Gasteiger partial charge in [-0.1, -0.05) is 11.6 Å². The van der Waals surface area contributed by atoms with E-state index in [9.17, 15) is 0 Å². The van der Waals surface area contributed by atoms with Gasteiger partial charge in [0.05, 0.1) is 23.0 Å². The lowest BCUT2D eigenvalue weighted by molar-refractivity contribution is -0.0353. The SMILES string of the molecule is Cc1cc(N)cc([C@H]2CN(Cc3ccc(Cl)cn3)CCO2)n1. The quantitative estimate of drug-likeness (QED) is 0.942. The standard InChI is InChI=1S/C16H19ClN4O/c1-11-6-13(18)7-15(20-11)16-10-21(4-5-22-16)9-14-3-2-12(17)8-19-14/h2-3,6-8,16H,4-5,9-10H2,1H3,(H2,18,20)/t16-/m1/s1. The highest BCUT2D eigenvalue weighted by Gasteiger charge is 2.23. The van der Waals surface area contributed by atoms with Crippen LogP contribution < -0.4 is 5.73 Å². The topological polar surface area (TPSA) is 64.3 Å². The molecule has 1 aliphatic heterocycles. The molecule has 0 aromatic carbocycles. The van der Waals surface area contributed by atoms with E-state index in [1.54, 1.807) is 6.20 Å². The second-order valence-corrected chi connectivity index (χ2v) is 5.97. The van der Waals surface area contributed by atoms with Gasteiger partial charge in [-0.2, -0.15) is 0 Å². The van der Waals surface area contributed by atoms with Gasteiger partial charge in [-0.15, -0.1) is 0 Å². The fraction of sp³-hybridized carbons (Fsp3) is 0.375. The fourth-order valence-corrected chi connectivity index (χ4v) is 2.75. The van der Waals surface area contributed by atoms with Gasteiger partial charge in [0.15, 0.2) is 0 Å². The summed E-state index contributed by atoms with van der Waals surface area (Å²) in [6, 6.07) is 7.57. The van der Waals surface area contributed by atoms with Gasteiger partial charge in [-0.25, -0.2) is 0 Å². The van der Waals surface area contributed by atoms with Crippen molar-refractivity contribution in [1.82, 2.24) is 14.9 Å². The van der Waals surface area contributed by atoms with E-state index in [2.05, 4.69) is 14.9 Å². The second-order valence-electron chi connectivity index (χ2n) is 5.53. The molecule has 0 saturated carbocycles. The Morgan fingerprint density at radius 3 is 3.00 bits per heavy atom. The number of hydrogen-bond donors (Lipinski definition) is 1. The minimum Gasteiger partial charge on any atom is -0.399 e. The molecule has 2 aromatic rings. The van der Waals surface area contributed by atoms with Crippen molar-refractivity contribution >= 4 is 17.3 Å². The minimum atomic E-state index is -0.0525. The van der Waals surface area contributed by atoms with E-state index in [-0.39, 0.29) is 6.10 Å². The van der Waals surface area contributed by atoms with Crippen LogP contribution in [-0.4, -0.2) is 34.6 Å². The Bertz CT molecular complexity index is 627. The molecule has 1 atom stereocenters. The molecule has 0 aliphatic carbocycles. The number of aryl methyl sites for hydroxylation is 1. The third kappa shape index (κ3) is 3.74. The highest BCUT2D eigenvalue weighted by atomic mass is 35.5. The van der Waals surface area contributed by atoms with Gasteiger partial charge in [0.25, 0.3) is 0 Å². The van der Waals surface area contributed by atoms with Gasteiger partial charge in [0.1, 0.15) is 6.10 Å². The summed E-state index contributed by atoms with van der Waals surface area (Å²) in [4.78, 5) is 11.2. The Balaban J connectivity index is 1.69. The number of halogens is 1. The van der Waals surface area contributed by atoms with Gasteiger partial charge >= 0.3 is 0 Å². The van der Waals surface area contributed by atoms with E-state index < -0.39 is 0 Å². The number of hydrogen-bond acceptors (Lipinski definition) is 5. The minimum absolute atomic E-state index is 0.0525. The first-order chi connectivity index (χ1) is 10.6. The Kier molecular flexibility index (Phi) is 4.57. The average Bonchev–Trinajstić information content (AvgIpc) is 2.49. The van der Waals surface area contributed by atoms with E-state index in [0.717, 1.165) is 42.4 Å². The summed E-state index contributed by atoms with van der Waals surface area (Å²) in [5, 5.41) is 0.656. The van der Waals surface area contributed by atoms with Crippen LogP contribution in [0.15, 0.2) is 30.5 Å². The number of ether oxygens (including phenoxy) is 1. The van der Waals surface area contributed by atoms with E-state index in [1.807, 2.05) is 31.2 Å². The van der Waals surface area contributed by atoms with Gasteiger partial charge in [0.2, 0.25) is 0 Å². The molecule has 1 aliphatic rings. The van der Waals surface area contributed by atoms with Crippen molar-refractivity contribution in [2.24, 2.45) is 0 Å². The Morgan fingerprint density at radius 2 is 2.27 bits per heavy atom. The zero-order valence-corrected chi connectivity index (χ0v) is 13.3. The first-order valence-electron chi connectivity index (χ1n) is 7.28. The summed E-state index contributed by atoms with van der Waals surface area (Å²) in [5.41, 5.74) is 9.44. The predicted molar refractivity (Wildman–Crippen MR) is 86.6 cm³/mol. The highest BCUT2D eigenvalue weighted by Crippen LogP contribution is 2.23. The molecule has 0 radical (unpaired) electrons. The van der Waals surface area contributed by atoms with E-state index >= 15 is 0 Å². The van der Waals surface area contributed by atoms with Crippen LogP contribution in [0.25, 0.3) is 0 Å². The van der Waals surface area contributed by atoms with Crippen molar-refractivity contribution in [1.29, 1.82) is 0 Å². The summed E-state index contributed by atoms with van der Waals surface area (Å²) in [6.07, 6.45) is 1.63. The average molecular weight is 319 g/mol. The Morgan fingerprint density at radius 1 is 1.41 bits per heavy atom. The normalized spacial score (nSPS) is 19.3. The molecule has 0 bridgehead atoms. The zero-order valence-electron chi connectivity index (χ0n) is 12.5. The molecule has 116 valence electrons. The fourth-order valence-electron chi connectivity index (χ4n) is 2.64. The predicted octanol–water partition coefficient (Wildman–Crippen LogP) is 2.59. The van der Waals surface area contributed by atoms with Crippen LogP contribution in [0.3, 0.4) is 0 Å². The monoisotopic (exact) mass is 318 g/mol. The molecule has 0 unspecified atom stereocenters.